The molecule has 3 rings (SSSR count). The second-order valence-corrected chi connectivity index (χ2v) is 28.4. The quantitative estimate of drug-likeness (QED) is 0.0579. The number of nitrogens with one attached hydrogen (secondary N) is 1. The maximum Gasteiger partial charge on any atom is 0.324 e. The molecule has 0 unspecified atom stereocenters. The number of hydrogen-bond donors (Lipinski definition) is 1. The third kappa shape index (κ3) is 7.66. The van der Waals surface area contributed by atoms with E-state index in [9.17, 15) is 23.3 Å². The number of carbonyl (C=O) groups excluding carboxylic acids is 1. The summed E-state index contributed by atoms with van der Waals surface area (Å²) in [5, 5.41) is 12.1. The lowest BCUT2D eigenvalue weighted by Gasteiger charge is -2.44. The highest BCUT2D eigenvalue weighted by Crippen LogP contribution is 2.46. The Morgan fingerprint density at radius 2 is 1.38 bits per heavy atom. The van der Waals surface area contributed by atoms with Crippen LogP contribution in [0, 0.1) is 21.6 Å². The molecule has 0 radical (unpaired) electrons. The van der Waals surface area contributed by atoms with Crippen LogP contribution in [0.1, 0.15) is 94.2 Å². The van der Waals surface area contributed by atoms with Gasteiger partial charge in [0.05, 0.1) is 16.9 Å². The minimum Gasteiger partial charge on any atom is -0.468 e. The maximum absolute atomic E-state index is 13.6. The van der Waals surface area contributed by atoms with Crippen LogP contribution in [0.2, 0.25) is 33.2 Å². The Kier molecular flexibility index (Phi) is 13.2. The number of nitro benzene ring substituents is 1. The Hall–Kier alpha value is -3.25. The molecule has 0 fully saturated rings. The van der Waals surface area contributed by atoms with Gasteiger partial charge in [-0.3, -0.25) is 14.9 Å². The van der Waals surface area contributed by atoms with Crippen molar-refractivity contribution in [2.75, 3.05) is 7.11 Å². The van der Waals surface area contributed by atoms with E-state index in [-0.39, 0.29) is 17.0 Å². The lowest BCUT2D eigenvalue weighted by atomic mass is 10.0. The lowest BCUT2D eigenvalue weighted by Crippen LogP contribution is -2.51. The van der Waals surface area contributed by atoms with Gasteiger partial charge < -0.3 is 8.97 Å². The van der Waals surface area contributed by atoms with Crippen LogP contribution in [-0.2, 0) is 26.0 Å². The van der Waals surface area contributed by atoms with E-state index in [1.165, 1.54) is 7.11 Å². The molecule has 1 heterocycles. The molecule has 3 aromatic rings. The standard InChI is InChI=1S/C38H57N3O6SSi2/c1-25(2)49(26(3)4,27(5)6)22-21-31-15-14-16-36-37(31)32(24-40(36)50(28(7)8,29(9)10)30(11)12)23-35(38(42)47-13)39-48(45,46)34-19-17-33(18-20-34)41(43)44/h14-20,24-30,35,39H,23H2,1-13H3/t35-/m0/s1. The number of sulfonamides is 1. The Balaban J connectivity index is 2.38. The van der Waals surface area contributed by atoms with Crippen molar-refractivity contribution in [3.8, 4) is 11.5 Å². The minimum absolute atomic E-state index is 0.0287. The third-order valence-electron chi connectivity index (χ3n) is 10.9. The molecule has 12 heteroatoms. The number of hydrogen-bond acceptors (Lipinski definition) is 6. The van der Waals surface area contributed by atoms with Gasteiger partial charge in [-0.05, 0) is 69.3 Å². The van der Waals surface area contributed by atoms with Crippen molar-refractivity contribution >= 4 is 48.9 Å². The highest BCUT2D eigenvalue weighted by atomic mass is 32.2. The van der Waals surface area contributed by atoms with E-state index in [0.29, 0.717) is 33.2 Å². The number of benzene rings is 2. The molecule has 0 aliphatic rings. The number of ether oxygens (including phenoxy) is 1. The highest BCUT2D eigenvalue weighted by Gasteiger charge is 2.46. The molecule has 1 N–H and O–H groups in total. The fraction of sp³-hybridized carbons (Fsp3) is 0.553. The first-order chi connectivity index (χ1) is 23.2. The topological polar surface area (TPSA) is 121 Å². The van der Waals surface area contributed by atoms with Crippen LogP contribution in [-0.4, -0.2) is 53.0 Å². The van der Waals surface area contributed by atoms with Gasteiger partial charge >= 0.3 is 5.97 Å². The summed E-state index contributed by atoms with van der Waals surface area (Å²) in [5.41, 5.74) is 8.84. The van der Waals surface area contributed by atoms with Crippen molar-refractivity contribution in [3.05, 3.63) is 69.9 Å². The molecular weight excluding hydrogens is 683 g/mol. The Morgan fingerprint density at radius 3 is 1.82 bits per heavy atom. The first-order valence-corrected chi connectivity index (χ1v) is 23.6. The second-order valence-electron chi connectivity index (χ2n) is 15.4. The molecule has 0 bridgehead atoms. The van der Waals surface area contributed by atoms with E-state index in [4.69, 9.17) is 4.74 Å². The van der Waals surface area contributed by atoms with Crippen molar-refractivity contribution in [3.63, 3.8) is 0 Å². The summed E-state index contributed by atoms with van der Waals surface area (Å²) < 4.78 is 37.4. The van der Waals surface area contributed by atoms with Crippen molar-refractivity contribution in [2.45, 2.75) is 134 Å². The second kappa shape index (κ2) is 16.0. The average molecular weight is 740 g/mol. The number of rotatable bonds is 14. The van der Waals surface area contributed by atoms with E-state index in [0.717, 1.165) is 46.3 Å². The first kappa shape index (κ1) is 41.2. The van der Waals surface area contributed by atoms with Crippen molar-refractivity contribution < 1.29 is 22.9 Å². The largest absolute Gasteiger partial charge is 0.468 e. The smallest absolute Gasteiger partial charge is 0.324 e. The molecular formula is C38H57N3O6SSi2. The summed E-state index contributed by atoms with van der Waals surface area (Å²) in [4.78, 5) is 23.7. The molecule has 50 heavy (non-hydrogen) atoms. The van der Waals surface area contributed by atoms with Crippen molar-refractivity contribution in [1.82, 2.24) is 8.95 Å². The Bertz CT molecular complexity index is 1810. The van der Waals surface area contributed by atoms with Gasteiger partial charge in [-0.15, -0.1) is 5.54 Å². The van der Waals surface area contributed by atoms with E-state index >= 15 is 0 Å². The number of nitro groups is 1. The number of methoxy groups -OCH3 is 1. The van der Waals surface area contributed by atoms with Gasteiger partial charge in [-0.1, -0.05) is 95.1 Å². The van der Waals surface area contributed by atoms with Gasteiger partial charge in [0.15, 0.2) is 8.24 Å². The Morgan fingerprint density at radius 1 is 0.860 bits per heavy atom. The van der Waals surface area contributed by atoms with Crippen molar-refractivity contribution in [1.29, 1.82) is 0 Å². The molecule has 0 aliphatic heterocycles. The number of non-ortho nitro benzene ring substituents is 1. The number of nitrogens with zero attached hydrogens (tertiary/aromatic N) is 2. The van der Waals surface area contributed by atoms with Crippen LogP contribution in [0.5, 0.6) is 0 Å². The van der Waals surface area contributed by atoms with Crippen LogP contribution in [0.25, 0.3) is 10.9 Å². The molecule has 274 valence electrons. The van der Waals surface area contributed by atoms with Crippen LogP contribution < -0.4 is 4.72 Å². The number of aromatic nitrogens is 1. The fourth-order valence-corrected chi connectivity index (χ4v) is 22.0. The van der Waals surface area contributed by atoms with E-state index < -0.39 is 43.3 Å². The average Bonchev–Trinajstić information content (AvgIpc) is 3.38. The van der Waals surface area contributed by atoms with Crippen LogP contribution in [0.4, 0.5) is 5.69 Å². The van der Waals surface area contributed by atoms with Gasteiger partial charge in [0.25, 0.3) is 5.69 Å². The molecule has 1 aromatic heterocycles. The first-order valence-electron chi connectivity index (χ1n) is 17.7. The van der Waals surface area contributed by atoms with Crippen LogP contribution in [0.15, 0.2) is 53.6 Å². The Labute approximate surface area is 301 Å². The summed E-state index contributed by atoms with van der Waals surface area (Å²) >= 11 is 0. The van der Waals surface area contributed by atoms with E-state index in [1.54, 1.807) is 0 Å². The zero-order valence-electron chi connectivity index (χ0n) is 32.1. The van der Waals surface area contributed by atoms with E-state index in [2.05, 4.69) is 122 Å². The van der Waals surface area contributed by atoms with Gasteiger partial charge in [-0.2, -0.15) is 4.72 Å². The highest BCUT2D eigenvalue weighted by molar-refractivity contribution is 7.89. The molecule has 0 saturated carbocycles. The van der Waals surface area contributed by atoms with Crippen molar-refractivity contribution in [2.24, 2.45) is 0 Å². The lowest BCUT2D eigenvalue weighted by molar-refractivity contribution is -0.384. The molecule has 0 saturated heterocycles. The zero-order valence-corrected chi connectivity index (χ0v) is 34.9. The van der Waals surface area contributed by atoms with E-state index in [1.807, 2.05) is 6.07 Å². The zero-order chi connectivity index (χ0) is 37.9. The third-order valence-corrected chi connectivity index (χ3v) is 25.5. The minimum atomic E-state index is -4.25. The van der Waals surface area contributed by atoms with Gasteiger partial charge in [0.2, 0.25) is 10.0 Å². The van der Waals surface area contributed by atoms with Crippen LogP contribution in [0.3, 0.4) is 0 Å². The van der Waals surface area contributed by atoms with Crippen LogP contribution >= 0.6 is 0 Å². The van der Waals surface area contributed by atoms with Gasteiger partial charge in [0.1, 0.15) is 14.1 Å². The summed E-state index contributed by atoms with van der Waals surface area (Å²) in [6.07, 6.45) is 2.18. The number of fused-ring (bicyclic) bond motifs is 1. The summed E-state index contributed by atoms with van der Waals surface area (Å²) in [5.74, 6) is 2.94. The predicted molar refractivity (Wildman–Crippen MR) is 209 cm³/mol. The fourth-order valence-electron chi connectivity index (χ4n) is 8.93. The number of esters is 1. The van der Waals surface area contributed by atoms with Gasteiger partial charge in [0, 0.05) is 35.0 Å². The molecule has 2 aromatic carbocycles. The predicted octanol–water partition coefficient (Wildman–Crippen LogP) is 9.21. The number of carbonyl (C=O) groups is 1. The molecule has 0 spiro atoms. The summed E-state index contributed by atoms with van der Waals surface area (Å²) in [6, 6.07) is 9.56. The monoisotopic (exact) mass is 739 g/mol. The molecule has 0 amide bonds. The molecule has 1 atom stereocenters. The normalized spacial score (nSPS) is 13.5. The summed E-state index contributed by atoms with van der Waals surface area (Å²) in [6.45, 7) is 27.5. The maximum atomic E-state index is 13.6. The molecule has 9 nitrogen and oxygen atoms in total. The molecule has 0 aliphatic carbocycles. The summed E-state index contributed by atoms with van der Waals surface area (Å²) in [7, 11) is -7.44. The SMILES string of the molecule is COC(=O)[C@H](Cc1cn([Si](C(C)C)(C(C)C)C(C)C)c2cccc(C#C[Si](C(C)C)(C(C)C)C(C)C)c12)NS(=O)(=O)c1ccc([N+](=O)[O-])cc1. The van der Waals surface area contributed by atoms with Gasteiger partial charge in [-0.25, -0.2) is 8.42 Å².